The fourth-order valence-electron chi connectivity index (χ4n) is 1.40. The molecule has 0 aromatic carbocycles. The van der Waals surface area contributed by atoms with E-state index in [2.05, 4.69) is 39.3 Å². The van der Waals surface area contributed by atoms with Crippen molar-refractivity contribution in [3.8, 4) is 10.6 Å². The number of rotatable bonds is 6. The zero-order chi connectivity index (χ0) is 11.2. The first-order chi connectivity index (χ1) is 7.90. The second kappa shape index (κ2) is 6.08. The van der Waals surface area contributed by atoms with Crippen molar-refractivity contribution >= 4 is 22.7 Å². The van der Waals surface area contributed by atoms with E-state index in [0.717, 1.165) is 35.9 Å². The van der Waals surface area contributed by atoms with Crippen LogP contribution in [0.2, 0.25) is 0 Å². The average molecular weight is 253 g/mol. The standard InChI is InChI=1S/C11H15N3S2/c1-2-12-6-3-4-10-13-14-11(16-10)9-5-7-15-8-9/h5,7-8,12H,2-4,6H2,1H3. The molecule has 1 N–H and O–H groups in total. The van der Waals surface area contributed by atoms with Gasteiger partial charge < -0.3 is 5.32 Å². The molecule has 0 fully saturated rings. The highest BCUT2D eigenvalue weighted by atomic mass is 32.1. The van der Waals surface area contributed by atoms with Crippen molar-refractivity contribution in [3.63, 3.8) is 0 Å². The molecule has 0 aliphatic rings. The van der Waals surface area contributed by atoms with Crippen LogP contribution in [-0.2, 0) is 6.42 Å². The van der Waals surface area contributed by atoms with Gasteiger partial charge in [0.15, 0.2) is 0 Å². The van der Waals surface area contributed by atoms with Crippen molar-refractivity contribution < 1.29 is 0 Å². The summed E-state index contributed by atoms with van der Waals surface area (Å²) in [5, 5.41) is 18.1. The zero-order valence-electron chi connectivity index (χ0n) is 9.27. The molecule has 2 heterocycles. The minimum atomic E-state index is 1.02. The van der Waals surface area contributed by atoms with E-state index in [1.807, 2.05) is 0 Å². The van der Waals surface area contributed by atoms with Crippen molar-refractivity contribution in [2.24, 2.45) is 0 Å². The first-order valence-electron chi connectivity index (χ1n) is 5.46. The molecule has 16 heavy (non-hydrogen) atoms. The Hall–Kier alpha value is -0.780. The summed E-state index contributed by atoms with van der Waals surface area (Å²) in [6, 6.07) is 2.09. The lowest BCUT2D eigenvalue weighted by Gasteiger charge is -1.97. The molecule has 0 saturated heterocycles. The Bertz CT molecular complexity index is 409. The van der Waals surface area contributed by atoms with E-state index in [1.165, 1.54) is 5.56 Å². The molecule has 0 aliphatic heterocycles. The van der Waals surface area contributed by atoms with Crippen LogP contribution in [0.4, 0.5) is 0 Å². The van der Waals surface area contributed by atoms with Gasteiger partial charge >= 0.3 is 0 Å². The van der Waals surface area contributed by atoms with Crippen molar-refractivity contribution in [1.29, 1.82) is 0 Å². The largest absolute Gasteiger partial charge is 0.317 e. The number of hydrogen-bond donors (Lipinski definition) is 1. The summed E-state index contributed by atoms with van der Waals surface area (Å²) < 4.78 is 0. The van der Waals surface area contributed by atoms with Crippen LogP contribution in [0.1, 0.15) is 18.4 Å². The molecule has 0 bridgehead atoms. The van der Waals surface area contributed by atoms with Crippen molar-refractivity contribution in [2.75, 3.05) is 13.1 Å². The Labute approximate surface area is 104 Å². The van der Waals surface area contributed by atoms with Gasteiger partial charge in [0.05, 0.1) is 0 Å². The first kappa shape index (κ1) is 11.7. The Morgan fingerprint density at radius 2 is 2.31 bits per heavy atom. The van der Waals surface area contributed by atoms with Crippen LogP contribution < -0.4 is 5.32 Å². The Morgan fingerprint density at radius 3 is 3.06 bits per heavy atom. The third-order valence-corrected chi connectivity index (χ3v) is 3.94. The maximum absolute atomic E-state index is 4.22. The van der Waals surface area contributed by atoms with Gasteiger partial charge in [0, 0.05) is 17.4 Å². The van der Waals surface area contributed by atoms with E-state index >= 15 is 0 Å². The summed E-state index contributed by atoms with van der Waals surface area (Å²) in [5.41, 5.74) is 1.19. The van der Waals surface area contributed by atoms with Crippen molar-refractivity contribution in [2.45, 2.75) is 19.8 Å². The zero-order valence-corrected chi connectivity index (χ0v) is 10.9. The molecule has 2 aromatic rings. The van der Waals surface area contributed by atoms with Gasteiger partial charge in [-0.2, -0.15) is 11.3 Å². The van der Waals surface area contributed by atoms with Gasteiger partial charge in [0.2, 0.25) is 0 Å². The minimum Gasteiger partial charge on any atom is -0.317 e. The molecule has 2 aromatic heterocycles. The molecule has 0 spiro atoms. The quantitative estimate of drug-likeness (QED) is 0.804. The van der Waals surface area contributed by atoms with Crippen LogP contribution in [0.15, 0.2) is 16.8 Å². The Balaban J connectivity index is 1.88. The summed E-state index contributed by atoms with van der Waals surface area (Å²) in [4.78, 5) is 0. The van der Waals surface area contributed by atoms with Crippen LogP contribution in [-0.4, -0.2) is 23.3 Å². The van der Waals surface area contributed by atoms with Gasteiger partial charge in [-0.15, -0.1) is 10.2 Å². The predicted octanol–water partition coefficient (Wildman–Crippen LogP) is 2.81. The summed E-state index contributed by atoms with van der Waals surface area (Å²) >= 11 is 3.40. The van der Waals surface area contributed by atoms with Crippen LogP contribution >= 0.6 is 22.7 Å². The third kappa shape index (κ3) is 3.10. The number of aromatic nitrogens is 2. The molecule has 2 rings (SSSR count). The lowest BCUT2D eigenvalue weighted by Crippen LogP contribution is -2.14. The maximum Gasteiger partial charge on any atom is 0.148 e. The normalized spacial score (nSPS) is 10.8. The molecule has 0 saturated carbocycles. The highest BCUT2D eigenvalue weighted by Crippen LogP contribution is 2.25. The molecular weight excluding hydrogens is 238 g/mol. The summed E-state index contributed by atoms with van der Waals surface area (Å²) in [6.45, 7) is 4.22. The van der Waals surface area contributed by atoms with Crippen molar-refractivity contribution in [3.05, 3.63) is 21.8 Å². The molecule has 0 atom stereocenters. The van der Waals surface area contributed by atoms with E-state index in [-0.39, 0.29) is 0 Å². The van der Waals surface area contributed by atoms with E-state index < -0.39 is 0 Å². The van der Waals surface area contributed by atoms with E-state index in [9.17, 15) is 0 Å². The number of nitrogens with one attached hydrogen (secondary N) is 1. The van der Waals surface area contributed by atoms with Crippen LogP contribution in [0, 0.1) is 0 Å². The summed E-state index contributed by atoms with van der Waals surface area (Å²) in [5.74, 6) is 0. The van der Waals surface area contributed by atoms with Gasteiger partial charge in [-0.25, -0.2) is 0 Å². The van der Waals surface area contributed by atoms with Crippen molar-refractivity contribution in [1.82, 2.24) is 15.5 Å². The lowest BCUT2D eigenvalue weighted by molar-refractivity contribution is 0.669. The molecule has 0 radical (unpaired) electrons. The Kier molecular flexibility index (Phi) is 4.44. The fourth-order valence-corrected chi connectivity index (χ4v) is 2.99. The highest BCUT2D eigenvalue weighted by Gasteiger charge is 2.06. The number of aryl methyl sites for hydroxylation is 1. The molecule has 0 unspecified atom stereocenters. The predicted molar refractivity (Wildman–Crippen MR) is 70.1 cm³/mol. The fraction of sp³-hybridized carbons (Fsp3) is 0.455. The molecule has 3 nitrogen and oxygen atoms in total. The van der Waals surface area contributed by atoms with E-state index in [1.54, 1.807) is 22.7 Å². The summed E-state index contributed by atoms with van der Waals surface area (Å²) in [7, 11) is 0. The van der Waals surface area contributed by atoms with Gasteiger partial charge in [0.1, 0.15) is 10.0 Å². The van der Waals surface area contributed by atoms with Gasteiger partial charge in [-0.1, -0.05) is 18.3 Å². The maximum atomic E-state index is 4.22. The summed E-state index contributed by atoms with van der Waals surface area (Å²) in [6.07, 6.45) is 2.15. The van der Waals surface area contributed by atoms with E-state index in [0.29, 0.717) is 0 Å². The number of thiophene rings is 1. The van der Waals surface area contributed by atoms with Crippen LogP contribution in [0.3, 0.4) is 0 Å². The van der Waals surface area contributed by atoms with Gasteiger partial charge in [0.25, 0.3) is 0 Å². The van der Waals surface area contributed by atoms with Crippen LogP contribution in [0.5, 0.6) is 0 Å². The second-order valence-electron chi connectivity index (χ2n) is 3.47. The van der Waals surface area contributed by atoms with Gasteiger partial charge in [-0.3, -0.25) is 0 Å². The molecule has 86 valence electrons. The number of hydrogen-bond acceptors (Lipinski definition) is 5. The average Bonchev–Trinajstić information content (AvgIpc) is 2.94. The molecular formula is C11H15N3S2. The minimum absolute atomic E-state index is 1.02. The molecule has 0 aliphatic carbocycles. The topological polar surface area (TPSA) is 37.8 Å². The molecule has 0 amide bonds. The lowest BCUT2D eigenvalue weighted by atomic mass is 10.3. The van der Waals surface area contributed by atoms with Crippen LogP contribution in [0.25, 0.3) is 10.6 Å². The SMILES string of the molecule is CCNCCCc1nnc(-c2ccsc2)s1. The Morgan fingerprint density at radius 1 is 1.38 bits per heavy atom. The molecule has 5 heteroatoms. The second-order valence-corrected chi connectivity index (χ2v) is 5.31. The number of nitrogens with zero attached hydrogens (tertiary/aromatic N) is 2. The monoisotopic (exact) mass is 253 g/mol. The smallest absolute Gasteiger partial charge is 0.148 e. The van der Waals surface area contributed by atoms with Gasteiger partial charge in [-0.05, 0) is 31.0 Å². The first-order valence-corrected chi connectivity index (χ1v) is 7.21. The third-order valence-electron chi connectivity index (χ3n) is 2.23. The van der Waals surface area contributed by atoms with E-state index in [4.69, 9.17) is 0 Å². The highest BCUT2D eigenvalue weighted by molar-refractivity contribution is 7.15.